The highest BCUT2D eigenvalue weighted by Gasteiger charge is 1.96. The van der Waals surface area contributed by atoms with Crippen LogP contribution in [0, 0.1) is 0 Å². The Morgan fingerprint density at radius 1 is 1.40 bits per heavy atom. The highest BCUT2D eigenvalue weighted by Crippen LogP contribution is 2.01. The predicted octanol–water partition coefficient (Wildman–Crippen LogP) is 2.04. The molecule has 1 rings (SSSR count). The van der Waals surface area contributed by atoms with E-state index in [-0.39, 0.29) is 0 Å². The van der Waals surface area contributed by atoms with Crippen LogP contribution in [0.5, 0.6) is 0 Å². The highest BCUT2D eigenvalue weighted by atomic mass is 32.2. The first-order valence-corrected chi connectivity index (χ1v) is 6.89. The SMILES string of the molecule is CSCCCCCNCc1cncn1C. The zero-order chi connectivity index (χ0) is 10.9. The molecule has 3 nitrogen and oxygen atoms in total. The summed E-state index contributed by atoms with van der Waals surface area (Å²) in [7, 11) is 2.03. The topological polar surface area (TPSA) is 29.9 Å². The lowest BCUT2D eigenvalue weighted by Gasteiger charge is -2.04. The van der Waals surface area contributed by atoms with Crippen LogP contribution in [0.1, 0.15) is 25.0 Å². The average Bonchev–Trinajstić information content (AvgIpc) is 2.63. The average molecular weight is 227 g/mol. The number of hydrogen-bond donors (Lipinski definition) is 1. The van der Waals surface area contributed by atoms with E-state index < -0.39 is 0 Å². The van der Waals surface area contributed by atoms with Crippen LogP contribution in [0.25, 0.3) is 0 Å². The Balaban J connectivity index is 1.96. The smallest absolute Gasteiger partial charge is 0.0945 e. The zero-order valence-corrected chi connectivity index (χ0v) is 10.5. The van der Waals surface area contributed by atoms with Gasteiger partial charge in [0.05, 0.1) is 12.0 Å². The molecule has 0 atom stereocenters. The monoisotopic (exact) mass is 227 g/mol. The number of hydrogen-bond acceptors (Lipinski definition) is 3. The van der Waals surface area contributed by atoms with E-state index in [2.05, 4.69) is 21.1 Å². The molecule has 0 bridgehead atoms. The van der Waals surface area contributed by atoms with Crippen molar-refractivity contribution in [3.8, 4) is 0 Å². The van der Waals surface area contributed by atoms with Gasteiger partial charge in [0.25, 0.3) is 0 Å². The quantitative estimate of drug-likeness (QED) is 0.689. The Labute approximate surface area is 96.7 Å². The van der Waals surface area contributed by atoms with Gasteiger partial charge in [-0.3, -0.25) is 0 Å². The first-order chi connectivity index (χ1) is 7.34. The summed E-state index contributed by atoms with van der Waals surface area (Å²) in [5.74, 6) is 1.29. The molecule has 0 aliphatic heterocycles. The molecule has 0 fully saturated rings. The Bertz CT molecular complexity index is 260. The molecule has 86 valence electrons. The van der Waals surface area contributed by atoms with Gasteiger partial charge in [-0.05, 0) is 31.4 Å². The summed E-state index contributed by atoms with van der Waals surface area (Å²) < 4.78 is 2.06. The summed E-state index contributed by atoms with van der Waals surface area (Å²) in [5, 5.41) is 3.44. The second kappa shape index (κ2) is 7.77. The van der Waals surface area contributed by atoms with Crippen molar-refractivity contribution in [2.45, 2.75) is 25.8 Å². The van der Waals surface area contributed by atoms with Crippen LogP contribution in [-0.4, -0.2) is 28.1 Å². The van der Waals surface area contributed by atoms with E-state index in [4.69, 9.17) is 0 Å². The molecular weight excluding hydrogens is 206 g/mol. The third kappa shape index (κ3) is 5.23. The molecule has 0 aliphatic carbocycles. The van der Waals surface area contributed by atoms with Crippen LogP contribution in [0.15, 0.2) is 12.5 Å². The lowest BCUT2D eigenvalue weighted by atomic mass is 10.2. The van der Waals surface area contributed by atoms with Crippen molar-refractivity contribution in [3.05, 3.63) is 18.2 Å². The van der Waals surface area contributed by atoms with Gasteiger partial charge in [-0.15, -0.1) is 0 Å². The molecule has 0 saturated carbocycles. The zero-order valence-electron chi connectivity index (χ0n) is 9.70. The molecule has 4 heteroatoms. The van der Waals surface area contributed by atoms with E-state index in [1.54, 1.807) is 0 Å². The van der Waals surface area contributed by atoms with Crippen molar-refractivity contribution >= 4 is 11.8 Å². The number of aryl methyl sites for hydroxylation is 1. The summed E-state index contributed by atoms with van der Waals surface area (Å²) in [6, 6.07) is 0. The van der Waals surface area contributed by atoms with Crippen LogP contribution < -0.4 is 5.32 Å². The molecule has 0 spiro atoms. The predicted molar refractivity (Wildman–Crippen MR) is 67.1 cm³/mol. The second-order valence-electron chi connectivity index (χ2n) is 3.73. The fourth-order valence-electron chi connectivity index (χ4n) is 1.44. The van der Waals surface area contributed by atoms with Gasteiger partial charge in [-0.1, -0.05) is 6.42 Å². The summed E-state index contributed by atoms with van der Waals surface area (Å²) in [5.41, 5.74) is 1.25. The Morgan fingerprint density at radius 3 is 2.93 bits per heavy atom. The van der Waals surface area contributed by atoms with Crippen LogP contribution in [0.3, 0.4) is 0 Å². The summed E-state index contributed by atoms with van der Waals surface area (Å²) in [6.45, 7) is 2.04. The molecule has 0 aliphatic rings. The largest absolute Gasteiger partial charge is 0.337 e. The van der Waals surface area contributed by atoms with E-state index in [1.165, 1.54) is 30.7 Å². The number of nitrogens with one attached hydrogen (secondary N) is 1. The van der Waals surface area contributed by atoms with Crippen LogP contribution in [0.4, 0.5) is 0 Å². The minimum Gasteiger partial charge on any atom is -0.337 e. The van der Waals surface area contributed by atoms with E-state index in [0.29, 0.717) is 0 Å². The highest BCUT2D eigenvalue weighted by molar-refractivity contribution is 7.98. The van der Waals surface area contributed by atoms with Gasteiger partial charge in [0.15, 0.2) is 0 Å². The fourth-order valence-corrected chi connectivity index (χ4v) is 1.94. The lowest BCUT2D eigenvalue weighted by Crippen LogP contribution is -2.16. The molecule has 15 heavy (non-hydrogen) atoms. The van der Waals surface area contributed by atoms with Crippen LogP contribution in [0.2, 0.25) is 0 Å². The number of imidazole rings is 1. The molecule has 1 heterocycles. The van der Waals surface area contributed by atoms with E-state index in [1.807, 2.05) is 31.3 Å². The Kier molecular flexibility index (Phi) is 6.52. The molecule has 0 aromatic carbocycles. The van der Waals surface area contributed by atoms with Gasteiger partial charge in [-0.2, -0.15) is 11.8 Å². The molecular formula is C11H21N3S. The number of aromatic nitrogens is 2. The molecule has 0 saturated heterocycles. The maximum atomic E-state index is 4.08. The number of thioether (sulfide) groups is 1. The summed E-state index contributed by atoms with van der Waals surface area (Å²) in [6.07, 6.45) is 9.88. The van der Waals surface area contributed by atoms with Gasteiger partial charge < -0.3 is 9.88 Å². The van der Waals surface area contributed by atoms with Crippen molar-refractivity contribution < 1.29 is 0 Å². The summed E-state index contributed by atoms with van der Waals surface area (Å²) in [4.78, 5) is 4.08. The van der Waals surface area contributed by atoms with Crippen molar-refractivity contribution in [1.82, 2.24) is 14.9 Å². The van der Waals surface area contributed by atoms with Gasteiger partial charge in [-0.25, -0.2) is 4.98 Å². The van der Waals surface area contributed by atoms with E-state index in [9.17, 15) is 0 Å². The minimum atomic E-state index is 0.930. The van der Waals surface area contributed by atoms with Gasteiger partial charge in [0, 0.05) is 19.8 Å². The Hall–Kier alpha value is -0.480. The van der Waals surface area contributed by atoms with Gasteiger partial charge in [0.2, 0.25) is 0 Å². The normalized spacial score (nSPS) is 10.8. The van der Waals surface area contributed by atoms with Crippen molar-refractivity contribution in [1.29, 1.82) is 0 Å². The number of unbranched alkanes of at least 4 members (excludes halogenated alkanes) is 2. The van der Waals surface area contributed by atoms with Gasteiger partial charge in [0.1, 0.15) is 0 Å². The van der Waals surface area contributed by atoms with E-state index in [0.717, 1.165) is 13.1 Å². The van der Waals surface area contributed by atoms with Crippen molar-refractivity contribution in [2.75, 3.05) is 18.6 Å². The first-order valence-electron chi connectivity index (χ1n) is 5.49. The van der Waals surface area contributed by atoms with Crippen molar-refractivity contribution in [2.24, 2.45) is 7.05 Å². The minimum absolute atomic E-state index is 0.930. The molecule has 0 unspecified atom stereocenters. The Morgan fingerprint density at radius 2 is 2.27 bits per heavy atom. The molecule has 1 aromatic rings. The second-order valence-corrected chi connectivity index (χ2v) is 4.71. The van der Waals surface area contributed by atoms with Crippen LogP contribution in [-0.2, 0) is 13.6 Å². The fraction of sp³-hybridized carbons (Fsp3) is 0.727. The third-order valence-electron chi connectivity index (χ3n) is 2.42. The maximum Gasteiger partial charge on any atom is 0.0945 e. The molecule has 0 amide bonds. The third-order valence-corrected chi connectivity index (χ3v) is 3.12. The molecule has 1 N–H and O–H groups in total. The molecule has 0 radical (unpaired) electrons. The number of rotatable bonds is 8. The number of nitrogens with zero attached hydrogens (tertiary/aromatic N) is 2. The van der Waals surface area contributed by atoms with E-state index >= 15 is 0 Å². The van der Waals surface area contributed by atoms with Gasteiger partial charge >= 0.3 is 0 Å². The van der Waals surface area contributed by atoms with Crippen molar-refractivity contribution in [3.63, 3.8) is 0 Å². The first kappa shape index (κ1) is 12.6. The maximum absolute atomic E-state index is 4.08. The molecule has 1 aromatic heterocycles. The van der Waals surface area contributed by atoms with Crippen LogP contribution >= 0.6 is 11.8 Å². The lowest BCUT2D eigenvalue weighted by molar-refractivity contribution is 0.602. The summed E-state index contributed by atoms with van der Waals surface area (Å²) >= 11 is 1.93. The standard InChI is InChI=1S/C11H21N3S/c1-14-10-13-9-11(14)8-12-6-4-3-5-7-15-2/h9-10,12H,3-8H2,1-2H3.